The molecule has 2 N–H and O–H groups in total. The Morgan fingerprint density at radius 3 is 2.46 bits per heavy atom. The maximum absolute atomic E-state index is 12.0. The number of amides is 2. The first-order valence-electron chi connectivity index (χ1n) is 7.05. The van der Waals surface area contributed by atoms with Gasteiger partial charge < -0.3 is 10.6 Å². The molecule has 0 aliphatic rings. The Morgan fingerprint density at radius 1 is 1.12 bits per heavy atom. The number of nitrogens with zero attached hydrogens (tertiary/aromatic N) is 1. The van der Waals surface area contributed by atoms with Crippen molar-refractivity contribution in [1.29, 1.82) is 0 Å². The second-order valence-corrected chi connectivity index (χ2v) is 6.10. The van der Waals surface area contributed by atoms with Gasteiger partial charge in [-0.2, -0.15) is 0 Å². The molecular formula is C16H14Cl3N3O2. The molecular weight excluding hydrogens is 373 g/mol. The van der Waals surface area contributed by atoms with E-state index in [1.54, 1.807) is 19.1 Å². The van der Waals surface area contributed by atoms with Crippen molar-refractivity contribution in [3.63, 3.8) is 0 Å². The van der Waals surface area contributed by atoms with Crippen molar-refractivity contribution in [3.05, 3.63) is 45.0 Å². The number of nitrogens with one attached hydrogen (secondary N) is 2. The molecule has 126 valence electrons. The van der Waals surface area contributed by atoms with Crippen LogP contribution < -0.4 is 10.6 Å². The van der Waals surface area contributed by atoms with Gasteiger partial charge in [-0.3, -0.25) is 9.59 Å². The van der Waals surface area contributed by atoms with Crippen LogP contribution in [0.5, 0.6) is 0 Å². The minimum absolute atomic E-state index is 0.175. The fourth-order valence-corrected chi connectivity index (χ4v) is 2.77. The molecule has 1 aromatic carbocycles. The summed E-state index contributed by atoms with van der Waals surface area (Å²) in [6.45, 7) is 3.61. The summed E-state index contributed by atoms with van der Waals surface area (Å²) in [6.07, 6.45) is 0. The first-order valence-corrected chi connectivity index (χ1v) is 8.18. The van der Waals surface area contributed by atoms with Crippen molar-refractivity contribution in [1.82, 2.24) is 10.3 Å². The van der Waals surface area contributed by atoms with E-state index in [-0.39, 0.29) is 33.4 Å². The zero-order valence-electron chi connectivity index (χ0n) is 12.9. The highest BCUT2D eigenvalue weighted by Gasteiger charge is 2.17. The molecule has 5 nitrogen and oxygen atoms in total. The van der Waals surface area contributed by atoms with Gasteiger partial charge in [0.25, 0.3) is 5.91 Å². The van der Waals surface area contributed by atoms with E-state index in [2.05, 4.69) is 15.6 Å². The van der Waals surface area contributed by atoms with Gasteiger partial charge in [0, 0.05) is 29.6 Å². The molecule has 2 amide bonds. The lowest BCUT2D eigenvalue weighted by Crippen LogP contribution is -2.24. The molecule has 1 heterocycles. The average Bonchev–Trinajstić information content (AvgIpc) is 2.50. The minimum atomic E-state index is -0.342. The standard InChI is InChI=1S/C16H14Cl3N3O2/c1-3-20-16(24)13-5-4-10(15(22-13)21-8(2)23)11-6-9(17)7-12(18)14(11)19/h4-7H,3H2,1-2H3,(H,20,24)(H,21,22,23). The normalized spacial score (nSPS) is 10.4. The van der Waals surface area contributed by atoms with Gasteiger partial charge in [-0.05, 0) is 31.2 Å². The average molecular weight is 387 g/mol. The topological polar surface area (TPSA) is 71.1 Å². The molecule has 0 radical (unpaired) electrons. The lowest BCUT2D eigenvalue weighted by Gasteiger charge is -2.13. The first kappa shape index (κ1) is 18.5. The van der Waals surface area contributed by atoms with E-state index in [1.165, 1.54) is 19.1 Å². The summed E-state index contributed by atoms with van der Waals surface area (Å²) in [5, 5.41) is 6.20. The number of hydrogen-bond donors (Lipinski definition) is 2. The SMILES string of the molecule is CCNC(=O)c1ccc(-c2cc(Cl)cc(Cl)c2Cl)c(NC(C)=O)n1. The highest BCUT2D eigenvalue weighted by molar-refractivity contribution is 6.45. The number of carbonyl (C=O) groups is 2. The Hall–Kier alpha value is -1.82. The van der Waals surface area contributed by atoms with Gasteiger partial charge >= 0.3 is 0 Å². The number of hydrogen-bond acceptors (Lipinski definition) is 3. The third kappa shape index (κ3) is 4.17. The van der Waals surface area contributed by atoms with Gasteiger partial charge in [0.2, 0.25) is 5.91 Å². The fourth-order valence-electron chi connectivity index (χ4n) is 2.07. The van der Waals surface area contributed by atoms with Gasteiger partial charge in [-0.25, -0.2) is 4.98 Å². The van der Waals surface area contributed by atoms with Crippen molar-refractivity contribution in [2.45, 2.75) is 13.8 Å². The zero-order valence-corrected chi connectivity index (χ0v) is 15.2. The Morgan fingerprint density at radius 2 is 1.83 bits per heavy atom. The van der Waals surface area contributed by atoms with Crippen LogP contribution in [0, 0.1) is 0 Å². The van der Waals surface area contributed by atoms with E-state index in [0.717, 1.165) is 0 Å². The van der Waals surface area contributed by atoms with Crippen LogP contribution in [0.1, 0.15) is 24.3 Å². The summed E-state index contributed by atoms with van der Waals surface area (Å²) < 4.78 is 0. The predicted octanol–water partition coefficient (Wildman–Crippen LogP) is 4.42. The van der Waals surface area contributed by atoms with E-state index in [4.69, 9.17) is 34.8 Å². The van der Waals surface area contributed by atoms with Crippen LogP contribution in [0.3, 0.4) is 0 Å². The number of rotatable bonds is 4. The van der Waals surface area contributed by atoms with Crippen LogP contribution in [-0.4, -0.2) is 23.3 Å². The fraction of sp³-hybridized carbons (Fsp3) is 0.188. The molecule has 0 atom stereocenters. The van der Waals surface area contributed by atoms with Gasteiger partial charge in [0.15, 0.2) is 0 Å². The number of halogens is 3. The smallest absolute Gasteiger partial charge is 0.269 e. The number of carbonyl (C=O) groups excluding carboxylic acids is 2. The molecule has 0 spiro atoms. The second-order valence-electron chi connectivity index (χ2n) is 4.88. The van der Waals surface area contributed by atoms with E-state index in [0.29, 0.717) is 22.7 Å². The monoisotopic (exact) mass is 385 g/mol. The molecule has 2 aromatic rings. The number of benzene rings is 1. The molecule has 2 rings (SSSR count). The summed E-state index contributed by atoms with van der Waals surface area (Å²) in [4.78, 5) is 27.7. The van der Waals surface area contributed by atoms with Crippen molar-refractivity contribution in [3.8, 4) is 11.1 Å². The Labute approximate surface area is 154 Å². The Balaban J connectivity index is 2.61. The van der Waals surface area contributed by atoms with Crippen molar-refractivity contribution >= 4 is 52.4 Å². The van der Waals surface area contributed by atoms with E-state index in [1.807, 2.05) is 0 Å². The molecule has 0 aliphatic carbocycles. The zero-order chi connectivity index (χ0) is 17.9. The van der Waals surface area contributed by atoms with Crippen molar-refractivity contribution in [2.75, 3.05) is 11.9 Å². The van der Waals surface area contributed by atoms with E-state index in [9.17, 15) is 9.59 Å². The van der Waals surface area contributed by atoms with Gasteiger partial charge in [0.1, 0.15) is 11.5 Å². The molecule has 0 aliphatic heterocycles. The van der Waals surface area contributed by atoms with Crippen LogP contribution in [0.4, 0.5) is 5.82 Å². The first-order chi connectivity index (χ1) is 11.3. The van der Waals surface area contributed by atoms with Crippen LogP contribution in [0.2, 0.25) is 15.1 Å². The van der Waals surface area contributed by atoms with Gasteiger partial charge in [-0.15, -0.1) is 0 Å². The molecule has 8 heteroatoms. The molecule has 0 bridgehead atoms. The van der Waals surface area contributed by atoms with Gasteiger partial charge in [0.05, 0.1) is 10.0 Å². The Bertz CT molecular complexity index is 809. The third-order valence-corrected chi connectivity index (χ3v) is 4.06. The van der Waals surface area contributed by atoms with Crippen LogP contribution in [0.15, 0.2) is 24.3 Å². The summed E-state index contributed by atoms with van der Waals surface area (Å²) >= 11 is 18.3. The van der Waals surface area contributed by atoms with E-state index < -0.39 is 0 Å². The summed E-state index contributed by atoms with van der Waals surface area (Å²) in [5.74, 6) is -0.474. The number of aromatic nitrogens is 1. The van der Waals surface area contributed by atoms with E-state index >= 15 is 0 Å². The van der Waals surface area contributed by atoms with Gasteiger partial charge in [-0.1, -0.05) is 34.8 Å². The third-order valence-electron chi connectivity index (χ3n) is 3.04. The molecule has 0 saturated carbocycles. The van der Waals surface area contributed by atoms with Crippen LogP contribution in [0.25, 0.3) is 11.1 Å². The maximum atomic E-state index is 12.0. The minimum Gasteiger partial charge on any atom is -0.351 e. The molecule has 1 aromatic heterocycles. The van der Waals surface area contributed by atoms with Crippen molar-refractivity contribution in [2.24, 2.45) is 0 Å². The predicted molar refractivity (Wildman–Crippen MR) is 97.0 cm³/mol. The quantitative estimate of drug-likeness (QED) is 0.764. The highest BCUT2D eigenvalue weighted by Crippen LogP contribution is 2.39. The lowest BCUT2D eigenvalue weighted by molar-refractivity contribution is -0.114. The second kappa shape index (κ2) is 7.83. The molecule has 0 fully saturated rings. The molecule has 24 heavy (non-hydrogen) atoms. The van der Waals surface area contributed by atoms with Crippen LogP contribution >= 0.6 is 34.8 Å². The summed E-state index contributed by atoms with van der Waals surface area (Å²) in [6, 6.07) is 6.31. The summed E-state index contributed by atoms with van der Waals surface area (Å²) in [7, 11) is 0. The number of anilines is 1. The van der Waals surface area contributed by atoms with Crippen LogP contribution in [-0.2, 0) is 4.79 Å². The maximum Gasteiger partial charge on any atom is 0.269 e. The highest BCUT2D eigenvalue weighted by atomic mass is 35.5. The number of pyridine rings is 1. The lowest BCUT2D eigenvalue weighted by atomic mass is 10.1. The molecule has 0 unspecified atom stereocenters. The molecule has 0 saturated heterocycles. The summed E-state index contributed by atoms with van der Waals surface area (Å²) in [5.41, 5.74) is 1.19. The van der Waals surface area contributed by atoms with Crippen molar-refractivity contribution < 1.29 is 9.59 Å². The Kier molecular flexibility index (Phi) is 6.04. The largest absolute Gasteiger partial charge is 0.351 e.